The van der Waals surface area contributed by atoms with E-state index >= 15 is 0 Å². The molecule has 0 radical (unpaired) electrons. The van der Waals surface area contributed by atoms with Crippen LogP contribution < -0.4 is 14.2 Å². The van der Waals surface area contributed by atoms with E-state index in [0.717, 1.165) is 40.4 Å². The van der Waals surface area contributed by atoms with Crippen molar-refractivity contribution >= 4 is 5.78 Å². The van der Waals surface area contributed by atoms with Gasteiger partial charge >= 0.3 is 0 Å². The Morgan fingerprint density at radius 2 is 1.81 bits per heavy atom. The molecule has 4 heteroatoms. The third-order valence-corrected chi connectivity index (χ3v) is 3.95. The Hall–Kier alpha value is -2.75. The topological polar surface area (TPSA) is 44.8 Å². The zero-order chi connectivity index (χ0) is 18.9. The number of carbonyl (C=O) groups is 1. The molecule has 0 unspecified atom stereocenters. The first-order chi connectivity index (χ1) is 12.5. The van der Waals surface area contributed by atoms with Gasteiger partial charge in [-0.25, -0.2) is 0 Å². The van der Waals surface area contributed by atoms with Gasteiger partial charge < -0.3 is 14.2 Å². The average molecular weight is 354 g/mol. The van der Waals surface area contributed by atoms with Crippen LogP contribution in [0, 0.1) is 13.8 Å². The molecule has 0 saturated carbocycles. The minimum atomic E-state index is 0.0715. The van der Waals surface area contributed by atoms with Crippen molar-refractivity contribution in [3.8, 4) is 17.2 Å². The molecule has 0 N–H and O–H groups in total. The standard InChI is InChI=1S/C22H26O4/c1-16-8-11-21(24-4)22(14-16)26-13-7-5-6-12-25-19-9-10-20(18(3)23)17(2)15-19/h5,7-11,14-15H,6,12-13H2,1-4H3/b7-5-. The molecule has 0 aliphatic rings. The quantitative estimate of drug-likeness (QED) is 0.364. The first kappa shape index (κ1) is 19.6. The lowest BCUT2D eigenvalue weighted by atomic mass is 10.1. The van der Waals surface area contributed by atoms with Gasteiger partial charge in [0, 0.05) is 5.56 Å². The van der Waals surface area contributed by atoms with Crippen molar-refractivity contribution in [2.75, 3.05) is 20.3 Å². The van der Waals surface area contributed by atoms with Crippen LogP contribution >= 0.6 is 0 Å². The maximum Gasteiger partial charge on any atom is 0.161 e. The normalized spacial score (nSPS) is 10.8. The summed E-state index contributed by atoms with van der Waals surface area (Å²) in [6.45, 7) is 6.56. The second-order valence-corrected chi connectivity index (χ2v) is 6.11. The predicted molar refractivity (Wildman–Crippen MR) is 104 cm³/mol. The van der Waals surface area contributed by atoms with E-state index in [1.807, 2.05) is 62.4 Å². The van der Waals surface area contributed by atoms with E-state index in [2.05, 4.69) is 0 Å². The highest BCUT2D eigenvalue weighted by molar-refractivity contribution is 5.95. The lowest BCUT2D eigenvalue weighted by Gasteiger charge is -2.10. The summed E-state index contributed by atoms with van der Waals surface area (Å²) in [7, 11) is 1.63. The molecular formula is C22H26O4. The zero-order valence-corrected chi connectivity index (χ0v) is 15.9. The summed E-state index contributed by atoms with van der Waals surface area (Å²) >= 11 is 0. The van der Waals surface area contributed by atoms with Crippen LogP contribution in [0.1, 0.15) is 34.8 Å². The number of benzene rings is 2. The fraction of sp³-hybridized carbons (Fsp3) is 0.318. The third-order valence-electron chi connectivity index (χ3n) is 3.95. The smallest absolute Gasteiger partial charge is 0.161 e. The number of Topliss-reactive ketones (excluding diaryl/α,β-unsaturated/α-hetero) is 1. The van der Waals surface area contributed by atoms with Gasteiger partial charge in [-0.05, 0) is 68.7 Å². The highest BCUT2D eigenvalue weighted by Crippen LogP contribution is 2.27. The summed E-state index contributed by atoms with van der Waals surface area (Å²) in [5.74, 6) is 2.33. The van der Waals surface area contributed by atoms with Gasteiger partial charge in [-0.1, -0.05) is 18.2 Å². The molecule has 0 saturated heterocycles. The molecular weight excluding hydrogens is 328 g/mol. The molecule has 26 heavy (non-hydrogen) atoms. The van der Waals surface area contributed by atoms with Crippen molar-refractivity contribution in [1.29, 1.82) is 0 Å². The minimum Gasteiger partial charge on any atom is -0.493 e. The van der Waals surface area contributed by atoms with Gasteiger partial charge in [0.05, 0.1) is 13.7 Å². The maximum atomic E-state index is 11.4. The Labute approximate surface area is 155 Å². The van der Waals surface area contributed by atoms with Crippen LogP contribution in [0.3, 0.4) is 0 Å². The number of rotatable bonds is 9. The Bertz CT molecular complexity index is 778. The van der Waals surface area contributed by atoms with Gasteiger partial charge in [0.2, 0.25) is 0 Å². The largest absolute Gasteiger partial charge is 0.493 e. The first-order valence-corrected chi connectivity index (χ1v) is 8.68. The molecule has 0 spiro atoms. The summed E-state index contributed by atoms with van der Waals surface area (Å²) in [6, 6.07) is 11.4. The van der Waals surface area contributed by atoms with Crippen LogP contribution in [0.5, 0.6) is 17.2 Å². The SMILES string of the molecule is COc1ccc(C)cc1OC/C=C\CCOc1ccc(C(C)=O)c(C)c1. The van der Waals surface area contributed by atoms with Crippen molar-refractivity contribution in [2.24, 2.45) is 0 Å². The molecule has 0 heterocycles. The molecule has 0 bridgehead atoms. The highest BCUT2D eigenvalue weighted by Gasteiger charge is 2.05. The molecule has 2 aromatic rings. The molecule has 138 valence electrons. The minimum absolute atomic E-state index is 0.0715. The van der Waals surface area contributed by atoms with Gasteiger partial charge in [-0.2, -0.15) is 0 Å². The Kier molecular flexibility index (Phi) is 7.27. The number of aryl methyl sites for hydroxylation is 2. The molecule has 0 aliphatic heterocycles. The van der Waals surface area contributed by atoms with Crippen molar-refractivity contribution in [2.45, 2.75) is 27.2 Å². The van der Waals surface area contributed by atoms with E-state index in [1.165, 1.54) is 0 Å². The lowest BCUT2D eigenvalue weighted by molar-refractivity contribution is 0.101. The van der Waals surface area contributed by atoms with Crippen LogP contribution in [-0.2, 0) is 0 Å². The van der Waals surface area contributed by atoms with E-state index in [4.69, 9.17) is 14.2 Å². The van der Waals surface area contributed by atoms with Gasteiger partial charge in [0.25, 0.3) is 0 Å². The Morgan fingerprint density at radius 1 is 1.00 bits per heavy atom. The highest BCUT2D eigenvalue weighted by atomic mass is 16.5. The number of ether oxygens (including phenoxy) is 3. The fourth-order valence-corrected chi connectivity index (χ4v) is 2.59. The third kappa shape index (κ3) is 5.66. The van der Waals surface area contributed by atoms with E-state index in [0.29, 0.717) is 13.2 Å². The van der Waals surface area contributed by atoms with E-state index in [-0.39, 0.29) is 5.78 Å². The molecule has 0 fully saturated rings. The molecule has 2 aromatic carbocycles. The van der Waals surface area contributed by atoms with E-state index < -0.39 is 0 Å². The van der Waals surface area contributed by atoms with E-state index in [1.54, 1.807) is 14.0 Å². The molecule has 0 amide bonds. The maximum absolute atomic E-state index is 11.4. The van der Waals surface area contributed by atoms with Crippen molar-refractivity contribution < 1.29 is 19.0 Å². The van der Waals surface area contributed by atoms with Gasteiger partial charge in [0.15, 0.2) is 17.3 Å². The van der Waals surface area contributed by atoms with Crippen molar-refractivity contribution in [1.82, 2.24) is 0 Å². The predicted octanol–water partition coefficient (Wildman–Crippen LogP) is 4.92. The van der Waals surface area contributed by atoms with Gasteiger partial charge in [-0.3, -0.25) is 4.79 Å². The Balaban J connectivity index is 1.74. The number of ketones is 1. The van der Waals surface area contributed by atoms with Crippen LogP contribution in [0.2, 0.25) is 0 Å². The summed E-state index contributed by atoms with van der Waals surface area (Å²) in [5, 5.41) is 0. The summed E-state index contributed by atoms with van der Waals surface area (Å²) in [4.78, 5) is 11.4. The monoisotopic (exact) mass is 354 g/mol. The van der Waals surface area contributed by atoms with Crippen LogP contribution in [-0.4, -0.2) is 26.1 Å². The summed E-state index contributed by atoms with van der Waals surface area (Å²) < 4.78 is 16.7. The van der Waals surface area contributed by atoms with Crippen LogP contribution in [0.15, 0.2) is 48.6 Å². The van der Waals surface area contributed by atoms with Crippen LogP contribution in [0.25, 0.3) is 0 Å². The molecule has 0 atom stereocenters. The molecule has 0 aromatic heterocycles. The summed E-state index contributed by atoms with van der Waals surface area (Å²) in [5.41, 5.74) is 2.80. The molecule has 0 aliphatic carbocycles. The number of hydrogen-bond donors (Lipinski definition) is 0. The second-order valence-electron chi connectivity index (χ2n) is 6.11. The van der Waals surface area contributed by atoms with E-state index in [9.17, 15) is 4.79 Å². The number of carbonyl (C=O) groups excluding carboxylic acids is 1. The van der Waals surface area contributed by atoms with Gasteiger partial charge in [0.1, 0.15) is 12.4 Å². The molecule has 2 rings (SSSR count). The first-order valence-electron chi connectivity index (χ1n) is 8.68. The number of methoxy groups -OCH3 is 1. The Morgan fingerprint density at radius 3 is 2.50 bits per heavy atom. The zero-order valence-electron chi connectivity index (χ0n) is 15.9. The molecule has 4 nitrogen and oxygen atoms in total. The van der Waals surface area contributed by atoms with Crippen molar-refractivity contribution in [3.63, 3.8) is 0 Å². The lowest BCUT2D eigenvalue weighted by Crippen LogP contribution is -2.00. The summed E-state index contributed by atoms with van der Waals surface area (Å²) in [6.07, 6.45) is 4.77. The number of hydrogen-bond acceptors (Lipinski definition) is 4. The second kappa shape index (κ2) is 9.66. The fourth-order valence-electron chi connectivity index (χ4n) is 2.59. The van der Waals surface area contributed by atoms with Crippen molar-refractivity contribution in [3.05, 3.63) is 65.2 Å². The van der Waals surface area contributed by atoms with Crippen LogP contribution in [0.4, 0.5) is 0 Å². The average Bonchev–Trinajstić information content (AvgIpc) is 2.61. The van der Waals surface area contributed by atoms with Gasteiger partial charge in [-0.15, -0.1) is 0 Å².